The van der Waals surface area contributed by atoms with Crippen molar-refractivity contribution in [3.05, 3.63) is 51.2 Å². The van der Waals surface area contributed by atoms with Crippen molar-refractivity contribution in [3.63, 3.8) is 0 Å². The number of hydrogen-bond donors (Lipinski definition) is 1. The zero-order valence-electron chi connectivity index (χ0n) is 11.8. The van der Waals surface area contributed by atoms with Crippen LogP contribution in [0.3, 0.4) is 0 Å². The molecule has 2 rings (SSSR count). The van der Waals surface area contributed by atoms with Crippen molar-refractivity contribution in [2.45, 2.75) is 33.1 Å². The topological polar surface area (TPSA) is 43.1 Å². The molecule has 2 N–H and O–H groups in total. The quantitative estimate of drug-likeness (QED) is 0.659. The monoisotopic (exact) mass is 273 g/mol. The van der Waals surface area contributed by atoms with Gasteiger partial charge in [-0.25, -0.2) is 0 Å². The third kappa shape index (κ3) is 2.87. The molecule has 0 unspecified atom stereocenters. The molecule has 0 saturated heterocycles. The van der Waals surface area contributed by atoms with Crippen molar-refractivity contribution in [3.8, 4) is 0 Å². The van der Waals surface area contributed by atoms with Gasteiger partial charge in [-0.1, -0.05) is 32.9 Å². The number of ketones is 1. The summed E-state index contributed by atoms with van der Waals surface area (Å²) < 4.78 is 0. The highest BCUT2D eigenvalue weighted by Gasteiger charge is 2.19. The molecule has 0 aliphatic heterocycles. The molecule has 1 aromatic carbocycles. The van der Waals surface area contributed by atoms with Crippen LogP contribution in [0.1, 0.15) is 46.4 Å². The van der Waals surface area contributed by atoms with Crippen LogP contribution in [0.25, 0.3) is 0 Å². The van der Waals surface area contributed by atoms with Gasteiger partial charge in [0.15, 0.2) is 0 Å². The number of carbonyl (C=O) groups is 1. The van der Waals surface area contributed by atoms with E-state index in [4.69, 9.17) is 5.73 Å². The SMILES string of the molecule is Cc1ccc(C(=O)c2ccc(C(C)(C)C)s2)cc1N. The van der Waals surface area contributed by atoms with E-state index >= 15 is 0 Å². The van der Waals surface area contributed by atoms with Gasteiger partial charge in [0.25, 0.3) is 0 Å². The van der Waals surface area contributed by atoms with E-state index in [0.29, 0.717) is 11.3 Å². The Hall–Kier alpha value is -1.61. The maximum absolute atomic E-state index is 12.4. The lowest BCUT2D eigenvalue weighted by Crippen LogP contribution is -2.08. The van der Waals surface area contributed by atoms with Crippen LogP contribution in [0.5, 0.6) is 0 Å². The number of nitrogen functional groups attached to an aromatic ring is 1. The highest BCUT2D eigenvalue weighted by atomic mass is 32.1. The van der Waals surface area contributed by atoms with Crippen LogP contribution in [0, 0.1) is 6.92 Å². The Morgan fingerprint density at radius 3 is 2.37 bits per heavy atom. The number of hydrogen-bond acceptors (Lipinski definition) is 3. The predicted octanol–water partition coefficient (Wildman–Crippen LogP) is 4.17. The van der Waals surface area contributed by atoms with E-state index < -0.39 is 0 Å². The fraction of sp³-hybridized carbons (Fsp3) is 0.312. The predicted molar refractivity (Wildman–Crippen MR) is 82.0 cm³/mol. The Kier molecular flexibility index (Phi) is 3.50. The summed E-state index contributed by atoms with van der Waals surface area (Å²) in [7, 11) is 0. The zero-order valence-corrected chi connectivity index (χ0v) is 12.6. The lowest BCUT2D eigenvalue weighted by Gasteiger charge is -2.15. The molecule has 3 heteroatoms. The fourth-order valence-corrected chi connectivity index (χ4v) is 2.81. The van der Waals surface area contributed by atoms with Crippen molar-refractivity contribution in [2.75, 3.05) is 5.73 Å². The van der Waals surface area contributed by atoms with Crippen molar-refractivity contribution < 1.29 is 4.79 Å². The van der Waals surface area contributed by atoms with E-state index in [1.165, 1.54) is 4.88 Å². The van der Waals surface area contributed by atoms with Gasteiger partial charge in [0.2, 0.25) is 5.78 Å². The van der Waals surface area contributed by atoms with Gasteiger partial charge in [-0.2, -0.15) is 0 Å². The maximum atomic E-state index is 12.4. The molecule has 1 aromatic heterocycles. The van der Waals surface area contributed by atoms with Gasteiger partial charge in [-0.05, 0) is 36.1 Å². The highest BCUT2D eigenvalue weighted by molar-refractivity contribution is 7.14. The molecule has 1 heterocycles. The second-order valence-corrected chi connectivity index (χ2v) is 6.90. The van der Waals surface area contributed by atoms with Crippen LogP contribution < -0.4 is 5.73 Å². The van der Waals surface area contributed by atoms with E-state index in [1.54, 1.807) is 17.4 Å². The Bertz CT molecular complexity index is 620. The van der Waals surface area contributed by atoms with Crippen LogP contribution in [0.4, 0.5) is 5.69 Å². The van der Waals surface area contributed by atoms with E-state index in [-0.39, 0.29) is 11.2 Å². The normalized spacial score (nSPS) is 11.6. The lowest BCUT2D eigenvalue weighted by molar-refractivity contribution is 0.104. The van der Waals surface area contributed by atoms with E-state index in [0.717, 1.165) is 10.4 Å². The van der Waals surface area contributed by atoms with E-state index in [1.807, 2.05) is 31.2 Å². The summed E-state index contributed by atoms with van der Waals surface area (Å²) >= 11 is 1.56. The van der Waals surface area contributed by atoms with Crippen LogP contribution in [-0.4, -0.2) is 5.78 Å². The minimum absolute atomic E-state index is 0.0483. The first-order chi connectivity index (χ1) is 8.79. The third-order valence-electron chi connectivity index (χ3n) is 3.11. The Labute approximate surface area is 118 Å². The molecule has 19 heavy (non-hydrogen) atoms. The first-order valence-electron chi connectivity index (χ1n) is 6.30. The van der Waals surface area contributed by atoms with Crippen LogP contribution in [-0.2, 0) is 5.41 Å². The summed E-state index contributed by atoms with van der Waals surface area (Å²) in [6.07, 6.45) is 0. The summed E-state index contributed by atoms with van der Waals surface area (Å²) in [6.45, 7) is 8.39. The smallest absolute Gasteiger partial charge is 0.203 e. The average Bonchev–Trinajstić information content (AvgIpc) is 2.81. The van der Waals surface area contributed by atoms with Crippen molar-refractivity contribution in [2.24, 2.45) is 0 Å². The zero-order chi connectivity index (χ0) is 14.2. The number of benzene rings is 1. The number of aryl methyl sites for hydroxylation is 1. The standard InChI is InChI=1S/C16H19NOS/c1-10-5-6-11(9-12(10)17)15(18)13-7-8-14(19-13)16(2,3)4/h5-9H,17H2,1-4H3. The molecule has 0 aliphatic rings. The molecule has 0 amide bonds. The molecular weight excluding hydrogens is 254 g/mol. The Morgan fingerprint density at radius 2 is 1.84 bits per heavy atom. The Balaban J connectivity index is 2.34. The molecule has 0 spiro atoms. The number of rotatable bonds is 2. The summed E-state index contributed by atoms with van der Waals surface area (Å²) in [6, 6.07) is 9.43. The molecule has 2 aromatic rings. The highest BCUT2D eigenvalue weighted by Crippen LogP contribution is 2.30. The first-order valence-corrected chi connectivity index (χ1v) is 7.12. The summed E-state index contributed by atoms with van der Waals surface area (Å²) in [5, 5.41) is 0. The van der Waals surface area contributed by atoms with Crippen molar-refractivity contribution in [1.82, 2.24) is 0 Å². The average molecular weight is 273 g/mol. The minimum atomic E-state index is 0.0483. The number of nitrogens with two attached hydrogens (primary N) is 1. The van der Waals surface area contributed by atoms with Crippen LogP contribution in [0.2, 0.25) is 0 Å². The molecule has 0 atom stereocenters. The van der Waals surface area contributed by atoms with Gasteiger partial charge in [0, 0.05) is 16.1 Å². The van der Waals surface area contributed by atoms with Crippen molar-refractivity contribution >= 4 is 22.8 Å². The number of thiophene rings is 1. The molecule has 2 nitrogen and oxygen atoms in total. The summed E-state index contributed by atoms with van der Waals surface area (Å²) in [5.74, 6) is 0.0483. The molecule has 0 bridgehead atoms. The van der Waals surface area contributed by atoms with Gasteiger partial charge < -0.3 is 5.73 Å². The Morgan fingerprint density at radius 1 is 1.16 bits per heavy atom. The molecular formula is C16H19NOS. The first kappa shape index (κ1) is 13.8. The van der Waals surface area contributed by atoms with Gasteiger partial charge in [-0.3, -0.25) is 4.79 Å². The molecule has 0 fully saturated rings. The van der Waals surface area contributed by atoms with Gasteiger partial charge in [0.1, 0.15) is 0 Å². The summed E-state index contributed by atoms with van der Waals surface area (Å²) in [5.41, 5.74) is 8.26. The molecule has 100 valence electrons. The summed E-state index contributed by atoms with van der Waals surface area (Å²) in [4.78, 5) is 14.4. The largest absolute Gasteiger partial charge is 0.398 e. The number of anilines is 1. The van der Waals surface area contributed by atoms with Crippen molar-refractivity contribution in [1.29, 1.82) is 0 Å². The molecule has 0 radical (unpaired) electrons. The molecule has 0 saturated carbocycles. The van der Waals surface area contributed by atoms with Gasteiger partial charge in [-0.15, -0.1) is 11.3 Å². The van der Waals surface area contributed by atoms with Crippen LogP contribution in [0.15, 0.2) is 30.3 Å². The van der Waals surface area contributed by atoms with Gasteiger partial charge >= 0.3 is 0 Å². The van der Waals surface area contributed by atoms with Gasteiger partial charge in [0.05, 0.1) is 4.88 Å². The molecule has 0 aliphatic carbocycles. The van der Waals surface area contributed by atoms with E-state index in [9.17, 15) is 4.79 Å². The third-order valence-corrected chi connectivity index (χ3v) is 4.62. The fourth-order valence-electron chi connectivity index (χ4n) is 1.79. The second kappa shape index (κ2) is 4.82. The minimum Gasteiger partial charge on any atom is -0.398 e. The number of carbonyl (C=O) groups excluding carboxylic acids is 1. The lowest BCUT2D eigenvalue weighted by atomic mass is 9.95. The second-order valence-electron chi connectivity index (χ2n) is 5.81. The maximum Gasteiger partial charge on any atom is 0.203 e. The van der Waals surface area contributed by atoms with Crippen LogP contribution >= 0.6 is 11.3 Å². The van der Waals surface area contributed by atoms with E-state index in [2.05, 4.69) is 20.8 Å².